The van der Waals surface area contributed by atoms with Gasteiger partial charge in [-0.25, -0.2) is 0 Å². The second-order valence-corrected chi connectivity index (χ2v) is 5.64. The summed E-state index contributed by atoms with van der Waals surface area (Å²) in [7, 11) is 0. The number of para-hydroxylation sites is 1. The largest absolute Gasteiger partial charge is 0.347 e. The summed E-state index contributed by atoms with van der Waals surface area (Å²) in [6.07, 6.45) is 2.18. The van der Waals surface area contributed by atoms with Gasteiger partial charge in [0.25, 0.3) is 5.69 Å². The monoisotopic (exact) mass is 323 g/mol. The molecule has 3 aromatic rings. The van der Waals surface area contributed by atoms with Crippen LogP contribution in [0.4, 0.5) is 11.4 Å². The zero-order valence-corrected chi connectivity index (χ0v) is 13.2. The van der Waals surface area contributed by atoms with Gasteiger partial charge in [0.1, 0.15) is 5.69 Å². The molecule has 122 valence electrons. The van der Waals surface area contributed by atoms with Crippen molar-refractivity contribution in [1.82, 2.24) is 4.57 Å². The van der Waals surface area contributed by atoms with Gasteiger partial charge in [0.15, 0.2) is 0 Å². The second-order valence-electron chi connectivity index (χ2n) is 5.64. The molecule has 6 nitrogen and oxygen atoms in total. The average molecular weight is 323 g/mol. The summed E-state index contributed by atoms with van der Waals surface area (Å²) in [5.74, 6) is -0.250. The zero-order chi connectivity index (χ0) is 17.1. The summed E-state index contributed by atoms with van der Waals surface area (Å²) >= 11 is 0. The van der Waals surface area contributed by atoms with Gasteiger partial charge in [-0.1, -0.05) is 24.3 Å². The number of aromatic nitrogens is 1. The fraction of sp³-hybridized carbons (Fsp3) is 0.167. The number of benzene rings is 2. The standard InChI is InChI=1S/C18H17N3O3/c1-13-6-7-15(17(12-13)21(23)24)19-18(22)9-11-20-10-8-14-4-2-3-5-16(14)20/h2-8,10,12H,9,11H2,1H3,(H,19,22). The van der Waals surface area contributed by atoms with Crippen LogP contribution >= 0.6 is 0 Å². The Labute approximate surface area is 138 Å². The Morgan fingerprint density at radius 1 is 1.21 bits per heavy atom. The molecule has 1 aromatic heterocycles. The number of hydrogen-bond donors (Lipinski definition) is 1. The fourth-order valence-electron chi connectivity index (χ4n) is 2.67. The van der Waals surface area contributed by atoms with E-state index in [-0.39, 0.29) is 23.7 Å². The number of carbonyl (C=O) groups is 1. The quantitative estimate of drug-likeness (QED) is 0.571. The lowest BCUT2D eigenvalue weighted by atomic mass is 10.2. The zero-order valence-electron chi connectivity index (χ0n) is 13.2. The van der Waals surface area contributed by atoms with Crippen molar-refractivity contribution < 1.29 is 9.72 Å². The first-order valence-electron chi connectivity index (χ1n) is 7.63. The van der Waals surface area contributed by atoms with Crippen molar-refractivity contribution in [1.29, 1.82) is 0 Å². The number of nitrogens with zero attached hydrogens (tertiary/aromatic N) is 2. The molecular weight excluding hydrogens is 306 g/mol. The molecule has 0 unspecified atom stereocenters. The second kappa shape index (κ2) is 6.54. The van der Waals surface area contributed by atoms with Gasteiger partial charge >= 0.3 is 0 Å². The molecule has 0 atom stereocenters. The van der Waals surface area contributed by atoms with Gasteiger partial charge in [0.05, 0.1) is 4.92 Å². The topological polar surface area (TPSA) is 77.2 Å². The number of hydrogen-bond acceptors (Lipinski definition) is 3. The van der Waals surface area contributed by atoms with Gasteiger partial charge in [-0.3, -0.25) is 14.9 Å². The van der Waals surface area contributed by atoms with Crippen molar-refractivity contribution in [2.45, 2.75) is 19.9 Å². The minimum Gasteiger partial charge on any atom is -0.347 e. The summed E-state index contributed by atoms with van der Waals surface area (Å²) < 4.78 is 2.00. The van der Waals surface area contributed by atoms with Crippen LogP contribution in [0.3, 0.4) is 0 Å². The van der Waals surface area contributed by atoms with Gasteiger partial charge in [-0.05, 0) is 36.1 Å². The van der Waals surface area contributed by atoms with E-state index >= 15 is 0 Å². The highest BCUT2D eigenvalue weighted by molar-refractivity contribution is 5.93. The number of aryl methyl sites for hydroxylation is 2. The lowest BCUT2D eigenvalue weighted by Gasteiger charge is -2.08. The third kappa shape index (κ3) is 3.27. The van der Waals surface area contributed by atoms with E-state index in [9.17, 15) is 14.9 Å². The Morgan fingerprint density at radius 2 is 2.00 bits per heavy atom. The SMILES string of the molecule is Cc1ccc(NC(=O)CCn2ccc3ccccc32)c([N+](=O)[O-])c1. The number of nitro groups is 1. The fourth-order valence-corrected chi connectivity index (χ4v) is 2.67. The minimum absolute atomic E-state index is 0.0882. The molecule has 0 bridgehead atoms. The van der Waals surface area contributed by atoms with Gasteiger partial charge < -0.3 is 9.88 Å². The molecule has 0 radical (unpaired) electrons. The first kappa shape index (κ1) is 15.7. The highest BCUT2D eigenvalue weighted by atomic mass is 16.6. The number of amides is 1. The van der Waals surface area contributed by atoms with Gasteiger partial charge in [0.2, 0.25) is 5.91 Å². The van der Waals surface area contributed by atoms with E-state index in [2.05, 4.69) is 5.32 Å². The molecule has 0 aliphatic heterocycles. The van der Waals surface area contributed by atoms with Crippen molar-refractivity contribution in [2.24, 2.45) is 0 Å². The number of fused-ring (bicyclic) bond motifs is 1. The Bertz CT molecular complexity index is 915. The number of rotatable bonds is 5. The summed E-state index contributed by atoms with van der Waals surface area (Å²) in [5.41, 5.74) is 1.98. The highest BCUT2D eigenvalue weighted by Gasteiger charge is 2.16. The van der Waals surface area contributed by atoms with E-state index in [1.807, 2.05) is 41.1 Å². The average Bonchev–Trinajstić information content (AvgIpc) is 2.97. The first-order valence-corrected chi connectivity index (χ1v) is 7.63. The molecule has 0 fully saturated rings. The molecule has 2 aromatic carbocycles. The summed E-state index contributed by atoms with van der Waals surface area (Å²) in [5, 5.41) is 14.8. The van der Waals surface area contributed by atoms with E-state index in [1.54, 1.807) is 19.1 Å². The van der Waals surface area contributed by atoms with Gasteiger partial charge in [-0.2, -0.15) is 0 Å². The van der Waals surface area contributed by atoms with Crippen LogP contribution in [-0.4, -0.2) is 15.4 Å². The van der Waals surface area contributed by atoms with Crippen molar-refractivity contribution in [3.8, 4) is 0 Å². The minimum atomic E-state index is -0.484. The third-order valence-electron chi connectivity index (χ3n) is 3.88. The Morgan fingerprint density at radius 3 is 2.79 bits per heavy atom. The summed E-state index contributed by atoms with van der Waals surface area (Å²) in [6, 6.07) is 14.7. The van der Waals surface area contributed by atoms with Crippen LogP contribution < -0.4 is 5.32 Å². The van der Waals surface area contributed by atoms with Crippen LogP contribution in [0.5, 0.6) is 0 Å². The lowest BCUT2D eigenvalue weighted by Crippen LogP contribution is -2.15. The maximum atomic E-state index is 12.2. The molecule has 1 N–H and O–H groups in total. The molecule has 0 saturated heterocycles. The molecular formula is C18H17N3O3. The van der Waals surface area contributed by atoms with Crippen molar-refractivity contribution in [3.63, 3.8) is 0 Å². The maximum absolute atomic E-state index is 12.2. The molecule has 0 aliphatic rings. The third-order valence-corrected chi connectivity index (χ3v) is 3.88. The lowest BCUT2D eigenvalue weighted by molar-refractivity contribution is -0.384. The van der Waals surface area contributed by atoms with Crippen LogP contribution in [0, 0.1) is 17.0 Å². The van der Waals surface area contributed by atoms with E-state index in [0.29, 0.717) is 6.54 Å². The van der Waals surface area contributed by atoms with Crippen molar-refractivity contribution in [3.05, 3.63) is 70.4 Å². The van der Waals surface area contributed by atoms with Gasteiger partial charge in [-0.15, -0.1) is 0 Å². The molecule has 1 heterocycles. The predicted octanol–water partition coefficient (Wildman–Crippen LogP) is 3.89. The van der Waals surface area contributed by atoms with Gasteiger partial charge in [0, 0.05) is 30.7 Å². The van der Waals surface area contributed by atoms with E-state index in [1.165, 1.54) is 6.07 Å². The normalized spacial score (nSPS) is 10.7. The highest BCUT2D eigenvalue weighted by Crippen LogP contribution is 2.25. The van der Waals surface area contributed by atoms with Crippen LogP contribution in [-0.2, 0) is 11.3 Å². The predicted molar refractivity (Wildman–Crippen MR) is 93.0 cm³/mol. The van der Waals surface area contributed by atoms with E-state index in [4.69, 9.17) is 0 Å². The van der Waals surface area contributed by atoms with Crippen LogP contribution in [0.1, 0.15) is 12.0 Å². The Hall–Kier alpha value is -3.15. The smallest absolute Gasteiger partial charge is 0.293 e. The molecule has 0 aliphatic carbocycles. The first-order chi connectivity index (χ1) is 11.5. The molecule has 3 rings (SSSR count). The Kier molecular flexibility index (Phi) is 4.29. The molecule has 24 heavy (non-hydrogen) atoms. The molecule has 1 amide bonds. The van der Waals surface area contributed by atoms with Crippen LogP contribution in [0.25, 0.3) is 10.9 Å². The number of carbonyl (C=O) groups excluding carboxylic acids is 1. The summed E-state index contributed by atoms with van der Waals surface area (Å²) in [4.78, 5) is 22.8. The molecule has 0 spiro atoms. The van der Waals surface area contributed by atoms with E-state index in [0.717, 1.165) is 16.5 Å². The number of anilines is 1. The van der Waals surface area contributed by atoms with E-state index < -0.39 is 4.92 Å². The number of nitrogens with one attached hydrogen (secondary N) is 1. The van der Waals surface area contributed by atoms with Crippen molar-refractivity contribution >= 4 is 28.2 Å². The molecule has 0 saturated carbocycles. The maximum Gasteiger partial charge on any atom is 0.293 e. The summed E-state index contributed by atoms with van der Waals surface area (Å²) in [6.45, 7) is 2.29. The Balaban J connectivity index is 1.69. The van der Waals surface area contributed by atoms with Crippen LogP contribution in [0.2, 0.25) is 0 Å². The molecule has 6 heteroatoms. The van der Waals surface area contributed by atoms with Crippen LogP contribution in [0.15, 0.2) is 54.7 Å². The van der Waals surface area contributed by atoms with Crippen molar-refractivity contribution in [2.75, 3.05) is 5.32 Å². The number of nitro benzene ring substituents is 1.